The van der Waals surface area contributed by atoms with E-state index in [4.69, 9.17) is 14.5 Å². The van der Waals surface area contributed by atoms with Gasteiger partial charge in [0.25, 0.3) is 0 Å². The summed E-state index contributed by atoms with van der Waals surface area (Å²) in [6.07, 6.45) is 6.11. The van der Waals surface area contributed by atoms with Gasteiger partial charge < -0.3 is 14.8 Å². The van der Waals surface area contributed by atoms with E-state index in [0.29, 0.717) is 12.6 Å². The van der Waals surface area contributed by atoms with Gasteiger partial charge in [-0.3, -0.25) is 0 Å². The molecule has 6 heteroatoms. The molecule has 1 saturated heterocycles. The number of pyridine rings is 1. The van der Waals surface area contributed by atoms with Crippen molar-refractivity contribution in [2.45, 2.75) is 32.8 Å². The number of rotatable bonds is 6. The Bertz CT molecular complexity index is 921. The fourth-order valence-electron chi connectivity index (χ4n) is 3.34. The Morgan fingerprint density at radius 1 is 1.22 bits per heavy atom. The number of anilines is 1. The normalized spacial score (nSPS) is 16.6. The fourth-order valence-corrected chi connectivity index (χ4v) is 3.34. The van der Waals surface area contributed by atoms with Crippen LogP contribution in [0.4, 0.5) is 5.95 Å². The SMILES string of the molecule is CCOc1ccc2nc(-c3cnc(NCC4CCCO4)nc3)cc(C)c2c1. The minimum absolute atomic E-state index is 0.264. The monoisotopic (exact) mass is 364 g/mol. The number of aryl methyl sites for hydroxylation is 1. The molecule has 0 spiro atoms. The molecule has 140 valence electrons. The molecule has 27 heavy (non-hydrogen) atoms. The molecule has 1 atom stereocenters. The maximum atomic E-state index is 5.61. The van der Waals surface area contributed by atoms with Crippen molar-refractivity contribution >= 4 is 16.9 Å². The second-order valence-electron chi connectivity index (χ2n) is 6.75. The van der Waals surface area contributed by atoms with Gasteiger partial charge in [-0.15, -0.1) is 0 Å². The van der Waals surface area contributed by atoms with E-state index < -0.39 is 0 Å². The zero-order valence-electron chi connectivity index (χ0n) is 15.7. The van der Waals surface area contributed by atoms with Crippen LogP contribution in [0, 0.1) is 6.92 Å². The summed E-state index contributed by atoms with van der Waals surface area (Å²) in [5.74, 6) is 1.49. The molecule has 4 rings (SSSR count). The molecular formula is C21H24N4O2. The quantitative estimate of drug-likeness (QED) is 0.713. The maximum absolute atomic E-state index is 5.61. The van der Waals surface area contributed by atoms with Gasteiger partial charge in [-0.25, -0.2) is 15.0 Å². The Morgan fingerprint density at radius 3 is 2.81 bits per heavy atom. The highest BCUT2D eigenvalue weighted by Gasteiger charge is 2.15. The van der Waals surface area contributed by atoms with Crippen molar-refractivity contribution in [2.75, 3.05) is 25.1 Å². The largest absolute Gasteiger partial charge is 0.494 e. The average Bonchev–Trinajstić information content (AvgIpc) is 3.21. The predicted molar refractivity (Wildman–Crippen MR) is 106 cm³/mol. The van der Waals surface area contributed by atoms with E-state index >= 15 is 0 Å². The second kappa shape index (κ2) is 7.88. The van der Waals surface area contributed by atoms with Gasteiger partial charge >= 0.3 is 0 Å². The molecule has 1 unspecified atom stereocenters. The van der Waals surface area contributed by atoms with Crippen LogP contribution in [0.5, 0.6) is 5.75 Å². The van der Waals surface area contributed by atoms with Gasteiger partial charge in [-0.2, -0.15) is 0 Å². The molecule has 0 amide bonds. The molecule has 1 aliphatic rings. The van der Waals surface area contributed by atoms with Crippen LogP contribution in [-0.4, -0.2) is 40.8 Å². The van der Waals surface area contributed by atoms with E-state index in [1.165, 1.54) is 0 Å². The molecule has 3 aromatic rings. The highest BCUT2D eigenvalue weighted by molar-refractivity contribution is 5.86. The summed E-state index contributed by atoms with van der Waals surface area (Å²) >= 11 is 0. The standard InChI is InChI=1S/C21H24N4O2/c1-3-26-16-6-7-19-18(10-16)14(2)9-20(25-19)15-11-22-21(23-12-15)24-13-17-5-4-8-27-17/h6-7,9-12,17H,3-5,8,13H2,1-2H3,(H,22,23,24). The van der Waals surface area contributed by atoms with Crippen molar-refractivity contribution in [3.8, 4) is 17.0 Å². The highest BCUT2D eigenvalue weighted by Crippen LogP contribution is 2.27. The van der Waals surface area contributed by atoms with Crippen molar-refractivity contribution in [3.63, 3.8) is 0 Å². The van der Waals surface area contributed by atoms with Gasteiger partial charge in [0.2, 0.25) is 5.95 Å². The van der Waals surface area contributed by atoms with Gasteiger partial charge in [0.15, 0.2) is 0 Å². The third-order valence-electron chi connectivity index (χ3n) is 4.76. The van der Waals surface area contributed by atoms with Crippen LogP contribution in [-0.2, 0) is 4.74 Å². The third kappa shape index (κ3) is 4.01. The number of hydrogen-bond acceptors (Lipinski definition) is 6. The average molecular weight is 364 g/mol. The Morgan fingerprint density at radius 2 is 2.07 bits per heavy atom. The van der Waals surface area contributed by atoms with E-state index in [0.717, 1.165) is 59.5 Å². The molecule has 3 heterocycles. The summed E-state index contributed by atoms with van der Waals surface area (Å²) in [6, 6.07) is 8.06. The lowest BCUT2D eigenvalue weighted by molar-refractivity contribution is 0.120. The first-order chi connectivity index (χ1) is 13.2. The molecule has 1 aliphatic heterocycles. The third-order valence-corrected chi connectivity index (χ3v) is 4.76. The van der Waals surface area contributed by atoms with Crippen LogP contribution >= 0.6 is 0 Å². The Hall–Kier alpha value is -2.73. The van der Waals surface area contributed by atoms with Crippen LogP contribution in [0.15, 0.2) is 36.7 Å². The van der Waals surface area contributed by atoms with Crippen molar-refractivity contribution in [2.24, 2.45) is 0 Å². The molecular weight excluding hydrogens is 340 g/mol. The predicted octanol–water partition coefficient (Wildman–Crippen LogP) is 3.99. The number of benzene rings is 1. The van der Waals surface area contributed by atoms with Crippen molar-refractivity contribution in [3.05, 3.63) is 42.2 Å². The number of hydrogen-bond donors (Lipinski definition) is 1. The lowest BCUT2D eigenvalue weighted by atomic mass is 10.1. The van der Waals surface area contributed by atoms with Crippen molar-refractivity contribution in [1.82, 2.24) is 15.0 Å². The zero-order valence-corrected chi connectivity index (χ0v) is 15.7. The minimum Gasteiger partial charge on any atom is -0.494 e. The van der Waals surface area contributed by atoms with E-state index in [1.54, 1.807) is 0 Å². The fraction of sp³-hybridized carbons (Fsp3) is 0.381. The topological polar surface area (TPSA) is 69.2 Å². The summed E-state index contributed by atoms with van der Waals surface area (Å²) < 4.78 is 11.2. The van der Waals surface area contributed by atoms with Crippen LogP contribution in [0.1, 0.15) is 25.3 Å². The first-order valence-electron chi connectivity index (χ1n) is 9.45. The van der Waals surface area contributed by atoms with E-state index in [9.17, 15) is 0 Å². The van der Waals surface area contributed by atoms with Crippen molar-refractivity contribution < 1.29 is 9.47 Å². The van der Waals surface area contributed by atoms with Gasteiger partial charge in [-0.05, 0) is 56.5 Å². The van der Waals surface area contributed by atoms with Gasteiger partial charge in [0.05, 0.1) is 23.9 Å². The summed E-state index contributed by atoms with van der Waals surface area (Å²) in [4.78, 5) is 13.6. The first-order valence-corrected chi connectivity index (χ1v) is 9.45. The number of ether oxygens (including phenoxy) is 2. The Kier molecular flexibility index (Phi) is 5.16. The number of aromatic nitrogens is 3. The van der Waals surface area contributed by atoms with Crippen LogP contribution < -0.4 is 10.1 Å². The van der Waals surface area contributed by atoms with Gasteiger partial charge in [-0.1, -0.05) is 0 Å². The summed E-state index contributed by atoms with van der Waals surface area (Å²) in [7, 11) is 0. The van der Waals surface area contributed by atoms with E-state index in [1.807, 2.05) is 37.5 Å². The molecule has 0 saturated carbocycles. The number of nitrogens with zero attached hydrogens (tertiary/aromatic N) is 3. The highest BCUT2D eigenvalue weighted by atomic mass is 16.5. The minimum atomic E-state index is 0.264. The Balaban J connectivity index is 1.53. The van der Waals surface area contributed by atoms with Crippen molar-refractivity contribution in [1.29, 1.82) is 0 Å². The molecule has 0 radical (unpaired) electrons. The maximum Gasteiger partial charge on any atom is 0.222 e. The van der Waals surface area contributed by atoms with Gasteiger partial charge in [0, 0.05) is 36.5 Å². The van der Waals surface area contributed by atoms with Gasteiger partial charge in [0.1, 0.15) is 5.75 Å². The molecule has 2 aromatic heterocycles. The summed E-state index contributed by atoms with van der Waals surface area (Å²) in [5.41, 5.74) is 3.86. The van der Waals surface area contributed by atoms with Crippen LogP contribution in [0.2, 0.25) is 0 Å². The summed E-state index contributed by atoms with van der Waals surface area (Å²) in [5, 5.41) is 4.34. The summed E-state index contributed by atoms with van der Waals surface area (Å²) in [6.45, 7) is 6.32. The lowest BCUT2D eigenvalue weighted by Crippen LogP contribution is -2.19. The van der Waals surface area contributed by atoms with Crippen LogP contribution in [0.25, 0.3) is 22.2 Å². The molecule has 1 N–H and O–H groups in total. The molecule has 1 aromatic carbocycles. The molecule has 0 aliphatic carbocycles. The lowest BCUT2D eigenvalue weighted by Gasteiger charge is -2.11. The Labute approximate surface area is 159 Å². The second-order valence-corrected chi connectivity index (χ2v) is 6.75. The zero-order chi connectivity index (χ0) is 18.6. The number of fused-ring (bicyclic) bond motifs is 1. The number of nitrogens with one attached hydrogen (secondary N) is 1. The smallest absolute Gasteiger partial charge is 0.222 e. The molecule has 1 fully saturated rings. The van der Waals surface area contributed by atoms with E-state index in [-0.39, 0.29) is 6.10 Å². The molecule has 6 nitrogen and oxygen atoms in total. The molecule has 0 bridgehead atoms. The first kappa shape index (κ1) is 17.7. The van der Waals surface area contributed by atoms with Crippen LogP contribution in [0.3, 0.4) is 0 Å². The van der Waals surface area contributed by atoms with E-state index in [2.05, 4.69) is 28.3 Å².